The summed E-state index contributed by atoms with van der Waals surface area (Å²) in [5.41, 5.74) is 2.30. The zero-order chi connectivity index (χ0) is 20.5. The van der Waals surface area contributed by atoms with Gasteiger partial charge < -0.3 is 10.6 Å². The van der Waals surface area contributed by atoms with Crippen molar-refractivity contribution in [3.05, 3.63) is 60.4 Å². The molecule has 1 saturated heterocycles. The highest BCUT2D eigenvalue weighted by Gasteiger charge is 2.17. The Balaban J connectivity index is 1.53. The van der Waals surface area contributed by atoms with Gasteiger partial charge in [0.15, 0.2) is 0 Å². The first-order chi connectivity index (χ1) is 14.7. The summed E-state index contributed by atoms with van der Waals surface area (Å²) in [6.07, 6.45) is 5.51. The normalized spacial score (nSPS) is 16.7. The number of anilines is 1. The molecule has 0 radical (unpaired) electrons. The van der Waals surface area contributed by atoms with Crippen LogP contribution in [0.3, 0.4) is 0 Å². The van der Waals surface area contributed by atoms with Crippen LogP contribution in [-0.2, 0) is 0 Å². The van der Waals surface area contributed by atoms with Gasteiger partial charge in [0.1, 0.15) is 28.8 Å². The summed E-state index contributed by atoms with van der Waals surface area (Å²) in [7, 11) is 0. The van der Waals surface area contributed by atoms with E-state index in [1.54, 1.807) is 30.6 Å². The fourth-order valence-electron chi connectivity index (χ4n) is 3.87. The van der Waals surface area contributed by atoms with Gasteiger partial charge in [0.2, 0.25) is 0 Å². The highest BCUT2D eigenvalue weighted by Crippen LogP contribution is 2.32. The molecule has 2 aromatic heterocycles. The molecule has 5 rings (SSSR count). The maximum atomic E-state index is 14.3. The zero-order valence-corrected chi connectivity index (χ0v) is 16.1. The summed E-state index contributed by atoms with van der Waals surface area (Å²) in [6.45, 7) is 1.92. The molecule has 0 bridgehead atoms. The number of aromatic amines is 1. The molecule has 1 atom stereocenters. The van der Waals surface area contributed by atoms with E-state index in [1.807, 2.05) is 0 Å². The molecule has 4 aromatic rings. The summed E-state index contributed by atoms with van der Waals surface area (Å²) in [6, 6.07) is 9.31. The van der Waals surface area contributed by atoms with E-state index in [0.717, 1.165) is 36.8 Å². The first-order valence-electron chi connectivity index (χ1n) is 9.91. The summed E-state index contributed by atoms with van der Waals surface area (Å²) in [5, 5.41) is 14.8. The van der Waals surface area contributed by atoms with Gasteiger partial charge in [0.25, 0.3) is 0 Å². The third-order valence-corrected chi connectivity index (χ3v) is 5.34. The predicted octanol–water partition coefficient (Wildman–Crippen LogP) is 4.13. The smallest absolute Gasteiger partial charge is 0.145 e. The number of hydrogen-bond donors (Lipinski definition) is 3. The Morgan fingerprint density at radius 3 is 2.73 bits per heavy atom. The quantitative estimate of drug-likeness (QED) is 0.475. The van der Waals surface area contributed by atoms with E-state index in [2.05, 4.69) is 30.8 Å². The van der Waals surface area contributed by atoms with Crippen molar-refractivity contribution in [2.75, 3.05) is 18.4 Å². The number of piperidine rings is 1. The summed E-state index contributed by atoms with van der Waals surface area (Å²) in [5.74, 6) is -0.536. The lowest BCUT2D eigenvalue weighted by molar-refractivity contribution is 0.479. The van der Waals surface area contributed by atoms with Crippen LogP contribution in [0, 0.1) is 11.6 Å². The number of benzene rings is 2. The fraction of sp³-hybridized carbons (Fsp3) is 0.227. The van der Waals surface area contributed by atoms with E-state index in [0.29, 0.717) is 28.8 Å². The Bertz CT molecular complexity index is 1180. The lowest BCUT2D eigenvalue weighted by atomic mass is 10.0. The van der Waals surface area contributed by atoms with Crippen molar-refractivity contribution in [1.29, 1.82) is 0 Å². The van der Waals surface area contributed by atoms with Crippen LogP contribution in [0.4, 0.5) is 14.6 Å². The molecule has 1 fully saturated rings. The standard InChI is InChI=1S/C22H20F2N6/c23-16-4-1-5-17(24)21(16)13-6-7-18-15(9-13)22(30-29-18)19-11-26-12-20(28-19)27-14-3-2-8-25-10-14/h1,4-7,9,11-12,14,25H,2-3,8,10H2,(H,27,28)(H,29,30)/t14-/m1/s1. The Morgan fingerprint density at radius 2 is 1.93 bits per heavy atom. The van der Waals surface area contributed by atoms with Crippen molar-refractivity contribution in [3.8, 4) is 22.5 Å². The molecule has 3 heterocycles. The lowest BCUT2D eigenvalue weighted by Gasteiger charge is -2.24. The molecule has 0 spiro atoms. The molecule has 0 aliphatic carbocycles. The highest BCUT2D eigenvalue weighted by molar-refractivity contribution is 5.95. The van der Waals surface area contributed by atoms with Crippen LogP contribution in [0.1, 0.15) is 12.8 Å². The molecule has 0 unspecified atom stereocenters. The van der Waals surface area contributed by atoms with Crippen molar-refractivity contribution in [2.45, 2.75) is 18.9 Å². The average Bonchev–Trinajstić information content (AvgIpc) is 3.18. The Labute approximate surface area is 171 Å². The molecule has 30 heavy (non-hydrogen) atoms. The van der Waals surface area contributed by atoms with Crippen molar-refractivity contribution >= 4 is 16.7 Å². The molecule has 3 N–H and O–H groups in total. The van der Waals surface area contributed by atoms with Gasteiger partial charge in [-0.2, -0.15) is 5.10 Å². The lowest BCUT2D eigenvalue weighted by Crippen LogP contribution is -2.38. The maximum Gasteiger partial charge on any atom is 0.145 e. The SMILES string of the molecule is Fc1cccc(F)c1-c1ccc2[nH]nc(-c3cncc(N[C@@H]4CCCNC4)n3)c2c1. The van der Waals surface area contributed by atoms with Crippen LogP contribution in [0.5, 0.6) is 0 Å². The number of nitrogens with zero attached hydrogens (tertiary/aromatic N) is 3. The molecule has 0 saturated carbocycles. The minimum Gasteiger partial charge on any atom is -0.365 e. The van der Waals surface area contributed by atoms with Gasteiger partial charge in [-0.25, -0.2) is 13.8 Å². The van der Waals surface area contributed by atoms with Gasteiger partial charge in [-0.1, -0.05) is 12.1 Å². The van der Waals surface area contributed by atoms with Crippen LogP contribution in [0.2, 0.25) is 0 Å². The summed E-state index contributed by atoms with van der Waals surface area (Å²) < 4.78 is 28.5. The second kappa shape index (κ2) is 7.79. The minimum atomic E-state index is -0.605. The average molecular weight is 406 g/mol. The molecule has 1 aliphatic rings. The zero-order valence-electron chi connectivity index (χ0n) is 16.1. The number of hydrogen-bond acceptors (Lipinski definition) is 5. The largest absolute Gasteiger partial charge is 0.365 e. The Morgan fingerprint density at radius 1 is 1.07 bits per heavy atom. The van der Waals surface area contributed by atoms with Gasteiger partial charge in [-0.05, 0) is 49.2 Å². The van der Waals surface area contributed by atoms with E-state index in [1.165, 1.54) is 18.2 Å². The molecule has 8 heteroatoms. The summed E-state index contributed by atoms with van der Waals surface area (Å²) in [4.78, 5) is 8.97. The van der Waals surface area contributed by atoms with E-state index in [-0.39, 0.29) is 5.56 Å². The molecule has 0 amide bonds. The molecular weight excluding hydrogens is 386 g/mol. The van der Waals surface area contributed by atoms with Crippen LogP contribution in [0.15, 0.2) is 48.8 Å². The fourth-order valence-corrected chi connectivity index (χ4v) is 3.87. The maximum absolute atomic E-state index is 14.3. The second-order valence-corrected chi connectivity index (χ2v) is 7.41. The van der Waals surface area contributed by atoms with E-state index < -0.39 is 11.6 Å². The van der Waals surface area contributed by atoms with Crippen molar-refractivity contribution in [1.82, 2.24) is 25.5 Å². The number of nitrogens with one attached hydrogen (secondary N) is 3. The van der Waals surface area contributed by atoms with Crippen LogP contribution in [0.25, 0.3) is 33.4 Å². The Hall–Kier alpha value is -3.39. The molecule has 1 aliphatic heterocycles. The second-order valence-electron chi connectivity index (χ2n) is 7.41. The highest BCUT2D eigenvalue weighted by atomic mass is 19.1. The minimum absolute atomic E-state index is 0.0575. The van der Waals surface area contributed by atoms with Crippen LogP contribution >= 0.6 is 0 Å². The van der Waals surface area contributed by atoms with E-state index in [4.69, 9.17) is 0 Å². The third-order valence-electron chi connectivity index (χ3n) is 5.34. The van der Waals surface area contributed by atoms with Crippen LogP contribution in [-0.4, -0.2) is 39.3 Å². The van der Waals surface area contributed by atoms with Gasteiger partial charge >= 0.3 is 0 Å². The number of halogens is 2. The van der Waals surface area contributed by atoms with Crippen molar-refractivity contribution in [2.24, 2.45) is 0 Å². The summed E-state index contributed by atoms with van der Waals surface area (Å²) >= 11 is 0. The topological polar surface area (TPSA) is 78.5 Å². The molecule has 152 valence electrons. The number of H-pyrrole nitrogens is 1. The van der Waals surface area contributed by atoms with Gasteiger partial charge in [-0.15, -0.1) is 0 Å². The first kappa shape index (κ1) is 18.6. The van der Waals surface area contributed by atoms with E-state index in [9.17, 15) is 8.78 Å². The van der Waals surface area contributed by atoms with Crippen LogP contribution < -0.4 is 10.6 Å². The number of fused-ring (bicyclic) bond motifs is 1. The van der Waals surface area contributed by atoms with Crippen molar-refractivity contribution < 1.29 is 8.78 Å². The predicted molar refractivity (Wildman–Crippen MR) is 112 cm³/mol. The Kier molecular flexibility index (Phi) is 4.84. The number of aromatic nitrogens is 4. The molecule has 2 aromatic carbocycles. The molecule has 6 nitrogen and oxygen atoms in total. The van der Waals surface area contributed by atoms with Gasteiger partial charge in [0, 0.05) is 18.0 Å². The third kappa shape index (κ3) is 3.50. The van der Waals surface area contributed by atoms with Gasteiger partial charge in [0.05, 0.1) is 23.5 Å². The number of rotatable bonds is 4. The molecular formula is C22H20F2N6. The van der Waals surface area contributed by atoms with Crippen molar-refractivity contribution in [3.63, 3.8) is 0 Å². The van der Waals surface area contributed by atoms with Gasteiger partial charge in [-0.3, -0.25) is 10.1 Å². The van der Waals surface area contributed by atoms with E-state index >= 15 is 0 Å². The monoisotopic (exact) mass is 406 g/mol. The first-order valence-corrected chi connectivity index (χ1v) is 9.91.